The molecule has 0 fully saturated rings. The number of benzene rings is 1. The van der Waals surface area contributed by atoms with Crippen molar-refractivity contribution in [2.24, 2.45) is 0 Å². The minimum atomic E-state index is -2.80. The summed E-state index contributed by atoms with van der Waals surface area (Å²) in [7, 11) is 2.98. The maximum atomic E-state index is 12.9. The average molecular weight is 348 g/mol. The highest BCUT2D eigenvalue weighted by Gasteiger charge is 2.18. The van der Waals surface area contributed by atoms with E-state index < -0.39 is 18.2 Å². The highest BCUT2D eigenvalue weighted by atomic mass is 19.3. The van der Waals surface area contributed by atoms with Gasteiger partial charge in [0.2, 0.25) is 5.82 Å². The zero-order chi connectivity index (χ0) is 18.0. The predicted octanol–water partition coefficient (Wildman–Crippen LogP) is 2.94. The monoisotopic (exact) mass is 348 g/mol. The third-order valence-electron chi connectivity index (χ3n) is 3.54. The van der Waals surface area contributed by atoms with Gasteiger partial charge in [-0.1, -0.05) is 0 Å². The molecule has 2 heterocycles. The lowest BCUT2D eigenvalue weighted by molar-refractivity contribution is 0.102. The molecule has 0 bridgehead atoms. The number of hydrogen-bond acceptors (Lipinski definition) is 5. The first-order chi connectivity index (χ1) is 12.0. The fourth-order valence-electron chi connectivity index (χ4n) is 2.29. The van der Waals surface area contributed by atoms with Crippen molar-refractivity contribution in [3.63, 3.8) is 0 Å². The Bertz CT molecular complexity index is 927. The molecular formula is C16H14F2N4O3. The SMILES string of the molecule is COc1ccc(NC(=O)c2ccc3nnc(C(F)F)n3c2)c(OC)c1. The molecule has 25 heavy (non-hydrogen) atoms. The molecule has 0 unspecified atom stereocenters. The van der Waals surface area contributed by atoms with E-state index in [4.69, 9.17) is 9.47 Å². The van der Waals surface area contributed by atoms with Crippen molar-refractivity contribution in [1.82, 2.24) is 14.6 Å². The molecule has 0 atom stereocenters. The summed E-state index contributed by atoms with van der Waals surface area (Å²) < 4.78 is 37.3. The fourth-order valence-corrected chi connectivity index (χ4v) is 2.29. The van der Waals surface area contributed by atoms with Crippen LogP contribution in [0.2, 0.25) is 0 Å². The van der Waals surface area contributed by atoms with Crippen LogP contribution in [0.5, 0.6) is 11.5 Å². The molecule has 9 heteroatoms. The second-order valence-corrected chi connectivity index (χ2v) is 5.03. The predicted molar refractivity (Wildman–Crippen MR) is 85.4 cm³/mol. The van der Waals surface area contributed by atoms with Crippen LogP contribution in [0.15, 0.2) is 36.5 Å². The first-order valence-electron chi connectivity index (χ1n) is 7.19. The smallest absolute Gasteiger partial charge is 0.297 e. The first kappa shape index (κ1) is 16.6. The van der Waals surface area contributed by atoms with E-state index in [1.165, 1.54) is 32.5 Å². The number of amides is 1. The van der Waals surface area contributed by atoms with Crippen molar-refractivity contribution in [2.75, 3.05) is 19.5 Å². The van der Waals surface area contributed by atoms with Crippen molar-refractivity contribution in [3.05, 3.63) is 47.9 Å². The minimum Gasteiger partial charge on any atom is -0.497 e. The Balaban J connectivity index is 1.91. The number of rotatable bonds is 5. The van der Waals surface area contributed by atoms with E-state index in [1.807, 2.05) is 0 Å². The summed E-state index contributed by atoms with van der Waals surface area (Å²) in [4.78, 5) is 12.4. The highest BCUT2D eigenvalue weighted by Crippen LogP contribution is 2.29. The number of nitrogens with zero attached hydrogens (tertiary/aromatic N) is 3. The molecule has 1 amide bonds. The lowest BCUT2D eigenvalue weighted by Crippen LogP contribution is -2.13. The standard InChI is InChI=1S/C16H14F2N4O3/c1-24-10-4-5-11(12(7-10)25-2)19-16(23)9-3-6-13-20-21-15(14(17)18)22(13)8-9/h3-8,14H,1-2H3,(H,19,23). The van der Waals surface area contributed by atoms with E-state index in [0.717, 1.165) is 4.40 Å². The van der Waals surface area contributed by atoms with Gasteiger partial charge in [-0.2, -0.15) is 0 Å². The number of aromatic nitrogens is 3. The Morgan fingerprint density at radius 3 is 2.64 bits per heavy atom. The molecule has 0 aliphatic heterocycles. The number of carbonyl (C=O) groups excluding carboxylic acids is 1. The molecule has 7 nitrogen and oxygen atoms in total. The van der Waals surface area contributed by atoms with Crippen LogP contribution in [-0.4, -0.2) is 34.7 Å². The van der Waals surface area contributed by atoms with E-state index in [2.05, 4.69) is 15.5 Å². The van der Waals surface area contributed by atoms with Crippen molar-refractivity contribution >= 4 is 17.2 Å². The molecule has 0 aliphatic rings. The van der Waals surface area contributed by atoms with Crippen molar-refractivity contribution in [2.45, 2.75) is 6.43 Å². The normalized spacial score (nSPS) is 10.9. The zero-order valence-electron chi connectivity index (χ0n) is 13.4. The van der Waals surface area contributed by atoms with E-state index in [1.54, 1.807) is 18.2 Å². The Kier molecular flexibility index (Phi) is 4.46. The molecule has 2 aromatic heterocycles. The Morgan fingerprint density at radius 1 is 1.16 bits per heavy atom. The van der Waals surface area contributed by atoms with Crippen LogP contribution in [0.4, 0.5) is 14.5 Å². The second-order valence-electron chi connectivity index (χ2n) is 5.03. The number of carbonyl (C=O) groups is 1. The summed E-state index contributed by atoms with van der Waals surface area (Å²) >= 11 is 0. The van der Waals surface area contributed by atoms with Crippen molar-refractivity contribution in [3.8, 4) is 11.5 Å². The first-order valence-corrected chi connectivity index (χ1v) is 7.19. The number of alkyl halides is 2. The fraction of sp³-hybridized carbons (Fsp3) is 0.188. The van der Waals surface area contributed by atoms with E-state index in [9.17, 15) is 13.6 Å². The topological polar surface area (TPSA) is 77.8 Å². The summed E-state index contributed by atoms with van der Waals surface area (Å²) in [6, 6.07) is 7.82. The molecule has 0 saturated carbocycles. The molecule has 3 aromatic rings. The van der Waals surface area contributed by atoms with Gasteiger partial charge in [-0.3, -0.25) is 9.20 Å². The third-order valence-corrected chi connectivity index (χ3v) is 3.54. The zero-order valence-corrected chi connectivity index (χ0v) is 13.4. The van der Waals surface area contributed by atoms with Gasteiger partial charge in [-0.15, -0.1) is 10.2 Å². The van der Waals surface area contributed by atoms with Gasteiger partial charge in [0, 0.05) is 12.3 Å². The van der Waals surface area contributed by atoms with Gasteiger partial charge in [0.25, 0.3) is 12.3 Å². The Morgan fingerprint density at radius 2 is 1.96 bits per heavy atom. The number of nitrogens with one attached hydrogen (secondary N) is 1. The van der Waals surface area contributed by atoms with E-state index >= 15 is 0 Å². The van der Waals surface area contributed by atoms with Gasteiger partial charge in [0.05, 0.1) is 25.5 Å². The number of methoxy groups -OCH3 is 2. The third kappa shape index (κ3) is 3.21. The highest BCUT2D eigenvalue weighted by molar-refractivity contribution is 6.05. The minimum absolute atomic E-state index is 0.173. The lowest BCUT2D eigenvalue weighted by atomic mass is 10.2. The van der Waals surface area contributed by atoms with Crippen LogP contribution in [-0.2, 0) is 0 Å². The number of ether oxygens (including phenoxy) is 2. The lowest BCUT2D eigenvalue weighted by Gasteiger charge is -2.12. The van der Waals surface area contributed by atoms with E-state index in [0.29, 0.717) is 17.2 Å². The molecule has 1 N–H and O–H groups in total. The van der Waals surface area contributed by atoms with Gasteiger partial charge in [-0.25, -0.2) is 8.78 Å². The molecule has 0 aliphatic carbocycles. The van der Waals surface area contributed by atoms with Crippen LogP contribution < -0.4 is 14.8 Å². The molecular weight excluding hydrogens is 334 g/mol. The number of fused-ring (bicyclic) bond motifs is 1. The summed E-state index contributed by atoms with van der Waals surface area (Å²) in [5.74, 6) is -0.0281. The van der Waals surface area contributed by atoms with Crippen LogP contribution in [0, 0.1) is 0 Å². The van der Waals surface area contributed by atoms with Gasteiger partial charge >= 0.3 is 0 Å². The van der Waals surface area contributed by atoms with Gasteiger partial charge in [-0.05, 0) is 24.3 Å². The number of hydrogen-bond donors (Lipinski definition) is 1. The molecule has 0 radical (unpaired) electrons. The van der Waals surface area contributed by atoms with Crippen LogP contribution >= 0.6 is 0 Å². The average Bonchev–Trinajstić information content (AvgIpc) is 3.05. The van der Waals surface area contributed by atoms with Crippen LogP contribution in [0.1, 0.15) is 22.6 Å². The second kappa shape index (κ2) is 6.71. The van der Waals surface area contributed by atoms with Crippen LogP contribution in [0.25, 0.3) is 5.65 Å². The maximum absolute atomic E-state index is 12.9. The number of halogens is 2. The molecule has 130 valence electrons. The summed E-state index contributed by atoms with van der Waals surface area (Å²) in [6.45, 7) is 0. The van der Waals surface area contributed by atoms with Gasteiger partial charge in [0.1, 0.15) is 11.5 Å². The molecule has 0 spiro atoms. The van der Waals surface area contributed by atoms with E-state index in [-0.39, 0.29) is 11.2 Å². The number of pyridine rings is 1. The Hall–Kier alpha value is -3.23. The van der Waals surface area contributed by atoms with Gasteiger partial charge < -0.3 is 14.8 Å². The Labute approximate surface area is 141 Å². The maximum Gasteiger partial charge on any atom is 0.297 e. The van der Waals surface area contributed by atoms with Crippen molar-refractivity contribution in [1.29, 1.82) is 0 Å². The summed E-state index contributed by atoms with van der Waals surface area (Å²) in [5, 5.41) is 9.73. The molecule has 1 aromatic carbocycles. The largest absolute Gasteiger partial charge is 0.497 e. The molecule has 0 saturated heterocycles. The molecule has 3 rings (SSSR count). The van der Waals surface area contributed by atoms with Crippen LogP contribution in [0.3, 0.4) is 0 Å². The van der Waals surface area contributed by atoms with Crippen molar-refractivity contribution < 1.29 is 23.0 Å². The quantitative estimate of drug-likeness (QED) is 0.767. The summed E-state index contributed by atoms with van der Waals surface area (Å²) in [6.07, 6.45) is -1.53. The van der Waals surface area contributed by atoms with Gasteiger partial charge in [0.15, 0.2) is 5.65 Å². The number of anilines is 1. The summed E-state index contributed by atoms with van der Waals surface area (Å²) in [5.41, 5.74) is 0.826.